The van der Waals surface area contributed by atoms with Crippen LogP contribution in [0.5, 0.6) is 0 Å². The Bertz CT molecular complexity index is 552. The van der Waals surface area contributed by atoms with Gasteiger partial charge in [0.1, 0.15) is 0 Å². The number of rotatable bonds is 6. The molecule has 2 N–H and O–H groups in total. The van der Waals surface area contributed by atoms with Gasteiger partial charge in [-0.2, -0.15) is 4.98 Å². The van der Waals surface area contributed by atoms with Crippen molar-refractivity contribution < 1.29 is 9.34 Å². The van der Waals surface area contributed by atoms with Crippen molar-refractivity contribution in [2.24, 2.45) is 0 Å². The summed E-state index contributed by atoms with van der Waals surface area (Å²) in [5.74, 6) is 0. The second-order valence-electron chi connectivity index (χ2n) is 3.68. The molecule has 18 heavy (non-hydrogen) atoms. The fourth-order valence-corrected chi connectivity index (χ4v) is 1.59. The van der Waals surface area contributed by atoms with Gasteiger partial charge in [-0.3, -0.25) is 10.1 Å². The van der Waals surface area contributed by atoms with E-state index in [4.69, 9.17) is 4.42 Å². The molecule has 2 rings (SSSR count). The highest BCUT2D eigenvalue weighted by Gasteiger charge is 2.16. The van der Waals surface area contributed by atoms with Gasteiger partial charge in [0.25, 0.3) is 11.7 Å². The van der Waals surface area contributed by atoms with Crippen LogP contribution in [0.15, 0.2) is 22.6 Å². The molecule has 0 radical (unpaired) electrons. The Kier molecular flexibility index (Phi) is 3.73. The zero-order valence-electron chi connectivity index (χ0n) is 9.97. The Morgan fingerprint density at radius 2 is 2.28 bits per heavy atom. The van der Waals surface area contributed by atoms with Gasteiger partial charge in [-0.05, 0) is 12.6 Å². The summed E-state index contributed by atoms with van der Waals surface area (Å²) < 4.78 is 5.38. The topological polar surface area (TPSA) is 93.2 Å². The zero-order chi connectivity index (χ0) is 13.0. The van der Waals surface area contributed by atoms with Gasteiger partial charge in [0.15, 0.2) is 11.1 Å². The van der Waals surface area contributed by atoms with E-state index in [1.54, 1.807) is 12.1 Å². The molecule has 0 aliphatic carbocycles. The van der Waals surface area contributed by atoms with Gasteiger partial charge in [-0.1, -0.05) is 13.0 Å². The molecule has 96 valence electrons. The highest BCUT2D eigenvalue weighted by Crippen LogP contribution is 2.26. The summed E-state index contributed by atoms with van der Waals surface area (Å²) in [6, 6.07) is 4.95. The van der Waals surface area contributed by atoms with E-state index < -0.39 is 4.92 Å². The van der Waals surface area contributed by atoms with E-state index in [0.717, 1.165) is 13.1 Å². The highest BCUT2D eigenvalue weighted by molar-refractivity contribution is 5.83. The molecule has 7 nitrogen and oxygen atoms in total. The van der Waals surface area contributed by atoms with Crippen molar-refractivity contribution in [2.75, 3.05) is 25.0 Å². The van der Waals surface area contributed by atoms with Crippen LogP contribution in [0.2, 0.25) is 0 Å². The quantitative estimate of drug-likeness (QED) is 0.461. The van der Waals surface area contributed by atoms with Crippen LogP contribution in [0.4, 0.5) is 11.7 Å². The first-order chi connectivity index (χ1) is 8.72. The molecular weight excluding hydrogens is 236 g/mol. The van der Waals surface area contributed by atoms with Crippen molar-refractivity contribution in [1.82, 2.24) is 10.3 Å². The van der Waals surface area contributed by atoms with Crippen LogP contribution in [0.1, 0.15) is 6.92 Å². The molecule has 0 saturated heterocycles. The number of hydrogen-bond donors (Lipinski definition) is 2. The van der Waals surface area contributed by atoms with Crippen LogP contribution in [-0.2, 0) is 0 Å². The van der Waals surface area contributed by atoms with Crippen molar-refractivity contribution in [3.05, 3.63) is 28.3 Å². The molecular formula is C11H14N4O3. The Balaban J connectivity index is 2.17. The van der Waals surface area contributed by atoms with E-state index in [2.05, 4.69) is 15.6 Å². The molecule has 0 amide bonds. The Labute approximate surface area is 103 Å². The van der Waals surface area contributed by atoms with E-state index >= 15 is 0 Å². The summed E-state index contributed by atoms with van der Waals surface area (Å²) in [5.41, 5.74) is 0.639. The molecule has 0 aliphatic heterocycles. The highest BCUT2D eigenvalue weighted by atomic mass is 16.6. The molecule has 2 aromatic rings. The minimum atomic E-state index is -0.465. The number of benzene rings is 1. The van der Waals surface area contributed by atoms with Crippen LogP contribution in [0, 0.1) is 10.1 Å². The fourth-order valence-electron chi connectivity index (χ4n) is 1.59. The molecule has 1 aromatic heterocycles. The van der Waals surface area contributed by atoms with E-state index in [9.17, 15) is 10.1 Å². The molecule has 0 spiro atoms. The average molecular weight is 250 g/mol. The van der Waals surface area contributed by atoms with Gasteiger partial charge in [0, 0.05) is 19.2 Å². The van der Waals surface area contributed by atoms with Crippen LogP contribution in [-0.4, -0.2) is 29.5 Å². The number of hydrogen-bond acceptors (Lipinski definition) is 6. The summed E-state index contributed by atoms with van der Waals surface area (Å²) in [5, 5.41) is 16.9. The number of likely N-dealkylation sites (N-methyl/N-ethyl adjacent to an activating group) is 1. The largest absolute Gasteiger partial charge is 0.423 e. The van der Waals surface area contributed by atoms with Crippen molar-refractivity contribution in [2.45, 2.75) is 6.92 Å². The average Bonchev–Trinajstić information content (AvgIpc) is 2.76. The molecule has 0 fully saturated rings. The van der Waals surface area contributed by atoms with Gasteiger partial charge >= 0.3 is 0 Å². The van der Waals surface area contributed by atoms with Gasteiger partial charge in [-0.15, -0.1) is 0 Å². The third-order valence-corrected chi connectivity index (χ3v) is 2.42. The lowest BCUT2D eigenvalue weighted by Gasteiger charge is -2.00. The van der Waals surface area contributed by atoms with Crippen LogP contribution >= 0.6 is 0 Å². The third kappa shape index (κ3) is 2.57. The van der Waals surface area contributed by atoms with Crippen LogP contribution < -0.4 is 10.6 Å². The van der Waals surface area contributed by atoms with Crippen molar-refractivity contribution in [1.29, 1.82) is 0 Å². The molecule has 1 heterocycles. The Morgan fingerprint density at radius 1 is 1.44 bits per heavy atom. The predicted octanol–water partition coefficient (Wildman–Crippen LogP) is 1.76. The number of nitrogens with zero attached hydrogens (tertiary/aromatic N) is 2. The van der Waals surface area contributed by atoms with Crippen molar-refractivity contribution in [3.63, 3.8) is 0 Å². The first-order valence-corrected chi connectivity index (χ1v) is 5.71. The van der Waals surface area contributed by atoms with Crippen LogP contribution in [0.3, 0.4) is 0 Å². The molecule has 0 saturated carbocycles. The molecule has 1 aromatic carbocycles. The standard InChI is InChI=1S/C11H14N4O3/c1-2-12-6-7-13-11-14-10-8(15(16)17)4-3-5-9(10)18-11/h3-5,12H,2,6-7H2,1H3,(H,13,14). The van der Waals surface area contributed by atoms with Gasteiger partial charge in [-0.25, -0.2) is 0 Å². The Morgan fingerprint density at radius 3 is 3.00 bits per heavy atom. The number of fused-ring (bicyclic) bond motifs is 1. The maximum atomic E-state index is 10.8. The summed E-state index contributed by atoms with van der Waals surface area (Å²) in [4.78, 5) is 14.4. The summed E-state index contributed by atoms with van der Waals surface area (Å²) >= 11 is 0. The SMILES string of the molecule is CCNCCNc1nc2c([N+](=O)[O-])cccc2o1. The summed E-state index contributed by atoms with van der Waals surface area (Å²) in [6.45, 7) is 4.33. The van der Waals surface area contributed by atoms with Crippen molar-refractivity contribution >= 4 is 22.8 Å². The molecule has 0 atom stereocenters. The fraction of sp³-hybridized carbons (Fsp3) is 0.364. The van der Waals surface area contributed by atoms with Gasteiger partial charge in [0.05, 0.1) is 4.92 Å². The summed E-state index contributed by atoms with van der Waals surface area (Å²) in [6.07, 6.45) is 0. The number of oxazole rings is 1. The molecule has 0 aliphatic rings. The molecule has 7 heteroatoms. The van der Waals surface area contributed by atoms with E-state index in [1.807, 2.05) is 6.92 Å². The maximum absolute atomic E-state index is 10.8. The molecule has 0 unspecified atom stereocenters. The minimum Gasteiger partial charge on any atom is -0.423 e. The first-order valence-electron chi connectivity index (χ1n) is 5.71. The lowest BCUT2D eigenvalue weighted by molar-refractivity contribution is -0.383. The first kappa shape index (κ1) is 12.3. The van der Waals surface area contributed by atoms with Crippen molar-refractivity contribution in [3.8, 4) is 0 Å². The number of nitro benzene ring substituents is 1. The molecule has 0 bridgehead atoms. The summed E-state index contributed by atoms with van der Waals surface area (Å²) in [7, 11) is 0. The monoisotopic (exact) mass is 250 g/mol. The second kappa shape index (κ2) is 5.46. The zero-order valence-corrected chi connectivity index (χ0v) is 9.97. The second-order valence-corrected chi connectivity index (χ2v) is 3.68. The van der Waals surface area contributed by atoms with E-state index in [1.165, 1.54) is 6.07 Å². The van der Waals surface area contributed by atoms with Gasteiger partial charge < -0.3 is 15.1 Å². The number of nitrogens with one attached hydrogen (secondary N) is 2. The smallest absolute Gasteiger partial charge is 0.298 e. The number of nitro groups is 1. The van der Waals surface area contributed by atoms with E-state index in [-0.39, 0.29) is 11.2 Å². The lowest BCUT2D eigenvalue weighted by Crippen LogP contribution is -2.21. The lowest BCUT2D eigenvalue weighted by atomic mass is 10.3. The van der Waals surface area contributed by atoms with Crippen LogP contribution in [0.25, 0.3) is 11.1 Å². The predicted molar refractivity (Wildman–Crippen MR) is 67.7 cm³/mol. The third-order valence-electron chi connectivity index (χ3n) is 2.42. The maximum Gasteiger partial charge on any atom is 0.298 e. The number of aromatic nitrogens is 1. The number of non-ortho nitro benzene ring substituents is 1. The van der Waals surface area contributed by atoms with Gasteiger partial charge in [0.2, 0.25) is 0 Å². The minimum absolute atomic E-state index is 0.0454. The number of anilines is 1. The number of para-hydroxylation sites is 1. The normalized spacial score (nSPS) is 10.7. The Hall–Kier alpha value is -2.15. The van der Waals surface area contributed by atoms with E-state index in [0.29, 0.717) is 18.1 Å².